The molecule has 1 nitrogen and oxygen atoms in total. The van der Waals surface area contributed by atoms with E-state index >= 15 is 0 Å². The molecule has 88 valence electrons. The second-order valence-corrected chi connectivity index (χ2v) is 4.69. The van der Waals surface area contributed by atoms with Crippen molar-refractivity contribution in [2.75, 3.05) is 0 Å². The number of halogens is 1. The summed E-state index contributed by atoms with van der Waals surface area (Å²) in [5, 5.41) is 0. The maximum Gasteiger partial charge on any atom is 0.165 e. The van der Waals surface area contributed by atoms with E-state index in [-0.39, 0.29) is 11.3 Å². The first-order valence-corrected chi connectivity index (χ1v) is 5.80. The van der Waals surface area contributed by atoms with Crippen LogP contribution in [0.2, 0.25) is 0 Å². The van der Waals surface area contributed by atoms with Crippen LogP contribution in [0.4, 0.5) is 4.39 Å². The van der Waals surface area contributed by atoms with Gasteiger partial charge in [-0.2, -0.15) is 0 Å². The second-order valence-electron chi connectivity index (χ2n) is 4.69. The molecule has 0 aliphatic carbocycles. The minimum atomic E-state index is -0.403. The molecule has 0 unspecified atom stereocenters. The van der Waals surface area contributed by atoms with Crippen molar-refractivity contribution < 1.29 is 9.18 Å². The van der Waals surface area contributed by atoms with Crippen LogP contribution in [-0.4, -0.2) is 5.78 Å². The Hall–Kier alpha value is -1.18. The highest BCUT2D eigenvalue weighted by molar-refractivity contribution is 5.96. The van der Waals surface area contributed by atoms with Crippen LogP contribution in [-0.2, 0) is 0 Å². The van der Waals surface area contributed by atoms with Gasteiger partial charge in [-0.25, -0.2) is 4.39 Å². The standard InChI is InChI=1S/C14H19FO/c1-10(2)5-4-6-14(16)12-9-11(3)7-8-13(12)15/h7-10H,4-6H2,1-3H3. The molecule has 0 aliphatic rings. The van der Waals surface area contributed by atoms with Crippen LogP contribution in [0.1, 0.15) is 49.0 Å². The van der Waals surface area contributed by atoms with Gasteiger partial charge in [-0.1, -0.05) is 31.9 Å². The SMILES string of the molecule is Cc1ccc(F)c(C(=O)CCCC(C)C)c1. The summed E-state index contributed by atoms with van der Waals surface area (Å²) in [7, 11) is 0. The van der Waals surface area contributed by atoms with Crippen molar-refractivity contribution >= 4 is 5.78 Å². The van der Waals surface area contributed by atoms with Crippen LogP contribution >= 0.6 is 0 Å². The summed E-state index contributed by atoms with van der Waals surface area (Å²) in [6, 6.07) is 4.68. The summed E-state index contributed by atoms with van der Waals surface area (Å²) in [4.78, 5) is 11.8. The van der Waals surface area contributed by atoms with Gasteiger partial charge in [0, 0.05) is 6.42 Å². The smallest absolute Gasteiger partial charge is 0.165 e. The molecule has 0 spiro atoms. The molecule has 16 heavy (non-hydrogen) atoms. The molecule has 0 fully saturated rings. The lowest BCUT2D eigenvalue weighted by atomic mass is 10.00. The lowest BCUT2D eigenvalue weighted by molar-refractivity contribution is 0.0974. The lowest BCUT2D eigenvalue weighted by Gasteiger charge is -2.05. The average Bonchev–Trinajstić information content (AvgIpc) is 2.21. The molecule has 0 bridgehead atoms. The van der Waals surface area contributed by atoms with Crippen LogP contribution in [0.25, 0.3) is 0 Å². The zero-order chi connectivity index (χ0) is 12.1. The highest BCUT2D eigenvalue weighted by atomic mass is 19.1. The molecule has 1 aromatic rings. The number of benzene rings is 1. The quantitative estimate of drug-likeness (QED) is 0.684. The van der Waals surface area contributed by atoms with Gasteiger partial charge >= 0.3 is 0 Å². The summed E-state index contributed by atoms with van der Waals surface area (Å²) in [6.07, 6.45) is 2.29. The largest absolute Gasteiger partial charge is 0.294 e. The highest BCUT2D eigenvalue weighted by Crippen LogP contribution is 2.15. The van der Waals surface area contributed by atoms with Crippen LogP contribution in [0.15, 0.2) is 18.2 Å². The van der Waals surface area contributed by atoms with Gasteiger partial charge in [-0.05, 0) is 31.4 Å². The Kier molecular flexibility index (Phi) is 4.66. The van der Waals surface area contributed by atoms with Crippen molar-refractivity contribution in [1.29, 1.82) is 0 Å². The van der Waals surface area contributed by atoms with Gasteiger partial charge < -0.3 is 0 Å². The molecular weight excluding hydrogens is 203 g/mol. The molecule has 0 saturated heterocycles. The van der Waals surface area contributed by atoms with E-state index in [1.54, 1.807) is 12.1 Å². The summed E-state index contributed by atoms with van der Waals surface area (Å²) >= 11 is 0. The Labute approximate surface area is 96.7 Å². The molecule has 1 rings (SSSR count). The fourth-order valence-corrected chi connectivity index (χ4v) is 1.66. The fourth-order valence-electron chi connectivity index (χ4n) is 1.66. The van der Waals surface area contributed by atoms with Gasteiger partial charge in [0.15, 0.2) is 5.78 Å². The monoisotopic (exact) mass is 222 g/mol. The van der Waals surface area contributed by atoms with E-state index in [0.717, 1.165) is 18.4 Å². The lowest BCUT2D eigenvalue weighted by Crippen LogP contribution is -2.03. The highest BCUT2D eigenvalue weighted by Gasteiger charge is 2.11. The summed E-state index contributed by atoms with van der Waals surface area (Å²) in [5.74, 6) is 0.108. The number of hydrogen-bond donors (Lipinski definition) is 0. The van der Waals surface area contributed by atoms with Crippen molar-refractivity contribution in [3.05, 3.63) is 35.1 Å². The molecule has 2 heteroatoms. The van der Waals surface area contributed by atoms with Crippen LogP contribution in [0, 0.1) is 18.7 Å². The van der Waals surface area contributed by atoms with Crippen molar-refractivity contribution in [1.82, 2.24) is 0 Å². The molecule has 0 atom stereocenters. The predicted octanol–water partition coefficient (Wildman–Crippen LogP) is 4.14. The van der Waals surface area contributed by atoms with Crippen LogP contribution in [0.5, 0.6) is 0 Å². The number of aryl methyl sites for hydroxylation is 1. The summed E-state index contributed by atoms with van der Waals surface area (Å²) < 4.78 is 13.4. The topological polar surface area (TPSA) is 17.1 Å². The molecule has 0 amide bonds. The van der Waals surface area contributed by atoms with E-state index < -0.39 is 5.82 Å². The molecule has 0 aromatic heterocycles. The van der Waals surface area contributed by atoms with E-state index in [1.165, 1.54) is 6.07 Å². The van der Waals surface area contributed by atoms with Gasteiger partial charge in [0.25, 0.3) is 0 Å². The minimum Gasteiger partial charge on any atom is -0.294 e. The second kappa shape index (κ2) is 5.78. The molecule has 0 N–H and O–H groups in total. The van der Waals surface area contributed by atoms with Gasteiger partial charge in [-0.3, -0.25) is 4.79 Å². The third-order valence-corrected chi connectivity index (χ3v) is 2.61. The molecule has 0 saturated carbocycles. The Morgan fingerprint density at radius 2 is 2.06 bits per heavy atom. The number of hydrogen-bond acceptors (Lipinski definition) is 1. The normalized spacial score (nSPS) is 10.8. The Morgan fingerprint density at radius 3 is 2.69 bits per heavy atom. The first kappa shape index (κ1) is 12.9. The fraction of sp³-hybridized carbons (Fsp3) is 0.500. The van der Waals surface area contributed by atoms with Crippen LogP contribution < -0.4 is 0 Å². The predicted molar refractivity (Wildman–Crippen MR) is 64.2 cm³/mol. The molecule has 1 aromatic carbocycles. The number of carbonyl (C=O) groups excluding carboxylic acids is 1. The maximum absolute atomic E-state index is 13.4. The number of Topliss-reactive ketones (excluding diaryl/α,β-unsaturated/α-hetero) is 1. The van der Waals surface area contributed by atoms with Gasteiger partial charge in [0.1, 0.15) is 5.82 Å². The minimum absolute atomic E-state index is 0.0816. The van der Waals surface area contributed by atoms with Gasteiger partial charge in [-0.15, -0.1) is 0 Å². The third kappa shape index (κ3) is 3.76. The first-order valence-electron chi connectivity index (χ1n) is 5.80. The Bertz CT molecular complexity index is 369. The molecule has 0 heterocycles. The third-order valence-electron chi connectivity index (χ3n) is 2.61. The zero-order valence-corrected chi connectivity index (χ0v) is 10.2. The number of carbonyl (C=O) groups is 1. The van der Waals surface area contributed by atoms with Crippen molar-refractivity contribution in [2.24, 2.45) is 5.92 Å². The van der Waals surface area contributed by atoms with E-state index in [2.05, 4.69) is 13.8 Å². The van der Waals surface area contributed by atoms with E-state index in [0.29, 0.717) is 12.3 Å². The number of rotatable bonds is 5. The maximum atomic E-state index is 13.4. The summed E-state index contributed by atoms with van der Waals surface area (Å²) in [6.45, 7) is 6.11. The van der Waals surface area contributed by atoms with Gasteiger partial charge in [0.05, 0.1) is 5.56 Å². The Balaban J connectivity index is 2.62. The molecular formula is C14H19FO. The van der Waals surface area contributed by atoms with Crippen LogP contribution in [0.3, 0.4) is 0 Å². The van der Waals surface area contributed by atoms with E-state index in [1.807, 2.05) is 6.92 Å². The van der Waals surface area contributed by atoms with Crippen molar-refractivity contribution in [2.45, 2.75) is 40.0 Å². The summed E-state index contributed by atoms with van der Waals surface area (Å²) in [5.41, 5.74) is 1.16. The van der Waals surface area contributed by atoms with E-state index in [9.17, 15) is 9.18 Å². The molecule has 0 radical (unpaired) electrons. The van der Waals surface area contributed by atoms with Crippen molar-refractivity contribution in [3.8, 4) is 0 Å². The van der Waals surface area contributed by atoms with Gasteiger partial charge in [0.2, 0.25) is 0 Å². The number of ketones is 1. The average molecular weight is 222 g/mol. The zero-order valence-electron chi connectivity index (χ0n) is 10.2. The molecule has 0 aliphatic heterocycles. The first-order chi connectivity index (χ1) is 7.50. The van der Waals surface area contributed by atoms with E-state index in [4.69, 9.17) is 0 Å². The van der Waals surface area contributed by atoms with Crippen molar-refractivity contribution in [3.63, 3.8) is 0 Å². The Morgan fingerprint density at radius 1 is 1.38 bits per heavy atom.